The molecule has 0 aliphatic heterocycles. The molecule has 158 valence electrons. The minimum atomic E-state index is -1.08. The second-order valence-electron chi connectivity index (χ2n) is 9.52. The Labute approximate surface area is 172 Å². The van der Waals surface area contributed by atoms with Gasteiger partial charge in [0.15, 0.2) is 11.6 Å². The summed E-state index contributed by atoms with van der Waals surface area (Å²) in [6.45, 7) is 2.26. The molecule has 4 atom stereocenters. The number of hydrogen-bond acceptors (Lipinski definition) is 0. The van der Waals surface area contributed by atoms with Crippen LogP contribution in [0.25, 0.3) is 10.8 Å². The summed E-state index contributed by atoms with van der Waals surface area (Å²) in [4.78, 5) is 0. The smallest absolute Gasteiger partial charge is 0.169 e. The fraction of sp³-hybridized carbons (Fsp3) is 0.615. The molecule has 0 saturated heterocycles. The van der Waals surface area contributed by atoms with E-state index in [2.05, 4.69) is 6.92 Å². The monoisotopic (exact) mass is 402 g/mol. The molecule has 0 heterocycles. The third-order valence-electron chi connectivity index (χ3n) is 7.64. The lowest BCUT2D eigenvalue weighted by Crippen LogP contribution is -2.30. The standard InChI is InChI=1S/C26H33F3/c1-2-3-4-5-6-17-7-8-19-14-20(10-9-18(19)13-17)22-15-21-11-12-23(27)26(29)25(21)24(28)16-22/h11-12,15-20H,2-10,13-14H2,1H3. The maximum absolute atomic E-state index is 14.6. The summed E-state index contributed by atoms with van der Waals surface area (Å²) in [7, 11) is 0. The highest BCUT2D eigenvalue weighted by Gasteiger charge is 2.36. The first-order valence-electron chi connectivity index (χ1n) is 11.6. The number of fused-ring (bicyclic) bond motifs is 2. The number of unbranched alkanes of at least 4 members (excludes halogenated alkanes) is 3. The quantitative estimate of drug-likeness (QED) is 0.425. The fourth-order valence-corrected chi connectivity index (χ4v) is 6.02. The second-order valence-corrected chi connectivity index (χ2v) is 9.52. The number of rotatable bonds is 6. The first kappa shape index (κ1) is 20.8. The third kappa shape index (κ3) is 4.49. The third-order valence-corrected chi connectivity index (χ3v) is 7.64. The van der Waals surface area contributed by atoms with Crippen molar-refractivity contribution in [2.75, 3.05) is 0 Å². The predicted molar refractivity (Wildman–Crippen MR) is 113 cm³/mol. The average molecular weight is 403 g/mol. The highest BCUT2D eigenvalue weighted by Crippen LogP contribution is 2.48. The van der Waals surface area contributed by atoms with Crippen molar-refractivity contribution in [1.82, 2.24) is 0 Å². The number of hydrogen-bond donors (Lipinski definition) is 0. The van der Waals surface area contributed by atoms with Crippen molar-refractivity contribution >= 4 is 10.8 Å². The van der Waals surface area contributed by atoms with E-state index in [1.165, 1.54) is 69.9 Å². The van der Waals surface area contributed by atoms with E-state index in [0.29, 0.717) is 11.3 Å². The Hall–Kier alpha value is -1.51. The molecule has 0 radical (unpaired) electrons. The van der Waals surface area contributed by atoms with Crippen LogP contribution in [0.15, 0.2) is 24.3 Å². The van der Waals surface area contributed by atoms with Gasteiger partial charge in [-0.25, -0.2) is 13.2 Å². The van der Waals surface area contributed by atoms with E-state index in [1.54, 1.807) is 0 Å². The van der Waals surface area contributed by atoms with Crippen LogP contribution < -0.4 is 0 Å². The van der Waals surface area contributed by atoms with Gasteiger partial charge in [0.2, 0.25) is 0 Å². The van der Waals surface area contributed by atoms with Gasteiger partial charge in [0, 0.05) is 0 Å². The van der Waals surface area contributed by atoms with Crippen LogP contribution in [0.3, 0.4) is 0 Å². The molecule has 2 saturated carbocycles. The summed E-state index contributed by atoms with van der Waals surface area (Å²) in [6.07, 6.45) is 14.2. The SMILES string of the molecule is CCCCCCC1CCC2CC(c3cc(F)c4c(F)c(F)ccc4c3)CCC2C1. The van der Waals surface area contributed by atoms with Crippen molar-refractivity contribution in [2.24, 2.45) is 17.8 Å². The van der Waals surface area contributed by atoms with Crippen LogP contribution in [0.2, 0.25) is 0 Å². The summed E-state index contributed by atoms with van der Waals surface area (Å²) in [6, 6.07) is 5.93. The van der Waals surface area contributed by atoms with E-state index in [1.807, 2.05) is 6.07 Å². The molecular weight excluding hydrogens is 369 g/mol. The van der Waals surface area contributed by atoms with Gasteiger partial charge in [-0.15, -0.1) is 0 Å². The molecular formula is C26H33F3. The minimum Gasteiger partial charge on any atom is -0.206 e. The van der Waals surface area contributed by atoms with Gasteiger partial charge < -0.3 is 0 Å². The molecule has 2 aromatic carbocycles. The van der Waals surface area contributed by atoms with Gasteiger partial charge in [-0.05, 0) is 78.9 Å². The topological polar surface area (TPSA) is 0 Å². The van der Waals surface area contributed by atoms with E-state index >= 15 is 0 Å². The fourth-order valence-electron chi connectivity index (χ4n) is 6.02. The van der Waals surface area contributed by atoms with Gasteiger partial charge in [-0.2, -0.15) is 0 Å². The summed E-state index contributed by atoms with van der Waals surface area (Å²) in [5, 5.41) is 0.253. The summed E-state index contributed by atoms with van der Waals surface area (Å²) < 4.78 is 42.1. The lowest BCUT2D eigenvalue weighted by atomic mass is 9.63. The molecule has 4 rings (SSSR count). The molecule has 3 heteroatoms. The van der Waals surface area contributed by atoms with Crippen LogP contribution in [0.4, 0.5) is 13.2 Å². The van der Waals surface area contributed by atoms with Gasteiger partial charge in [0.05, 0.1) is 5.39 Å². The van der Waals surface area contributed by atoms with Gasteiger partial charge >= 0.3 is 0 Å². The van der Waals surface area contributed by atoms with E-state index in [9.17, 15) is 13.2 Å². The van der Waals surface area contributed by atoms with Crippen molar-refractivity contribution in [3.8, 4) is 0 Å². The van der Waals surface area contributed by atoms with Gasteiger partial charge in [-0.3, -0.25) is 0 Å². The largest absolute Gasteiger partial charge is 0.206 e. The van der Waals surface area contributed by atoms with Crippen LogP contribution in [0.1, 0.15) is 89.0 Å². The van der Waals surface area contributed by atoms with E-state index in [4.69, 9.17) is 0 Å². The Balaban J connectivity index is 1.41. The Morgan fingerprint density at radius 2 is 1.62 bits per heavy atom. The molecule has 4 unspecified atom stereocenters. The zero-order valence-electron chi connectivity index (χ0n) is 17.5. The minimum absolute atomic E-state index is 0.217. The summed E-state index contributed by atoms with van der Waals surface area (Å²) in [5.41, 5.74) is 0.959. The molecule has 0 bridgehead atoms. The number of benzene rings is 2. The zero-order valence-corrected chi connectivity index (χ0v) is 17.5. The van der Waals surface area contributed by atoms with E-state index in [0.717, 1.165) is 42.2 Å². The molecule has 2 aromatic rings. The van der Waals surface area contributed by atoms with Gasteiger partial charge in [-0.1, -0.05) is 57.6 Å². The normalized spacial score (nSPS) is 27.2. The Bertz CT molecular complexity index is 843. The molecule has 2 aliphatic carbocycles. The van der Waals surface area contributed by atoms with E-state index < -0.39 is 17.5 Å². The van der Waals surface area contributed by atoms with Gasteiger partial charge in [0.25, 0.3) is 0 Å². The van der Waals surface area contributed by atoms with Crippen molar-refractivity contribution in [3.63, 3.8) is 0 Å². The summed E-state index contributed by atoms with van der Waals surface area (Å²) >= 11 is 0. The molecule has 2 fully saturated rings. The molecule has 0 nitrogen and oxygen atoms in total. The Morgan fingerprint density at radius 1 is 0.828 bits per heavy atom. The summed E-state index contributed by atoms with van der Waals surface area (Å²) in [5.74, 6) is 0.110. The number of halogens is 3. The van der Waals surface area contributed by atoms with Crippen molar-refractivity contribution in [3.05, 3.63) is 47.3 Å². The molecule has 0 amide bonds. The Kier molecular flexibility index (Phi) is 6.51. The molecule has 0 spiro atoms. The van der Waals surface area contributed by atoms with E-state index in [-0.39, 0.29) is 5.39 Å². The van der Waals surface area contributed by atoms with Crippen LogP contribution in [-0.4, -0.2) is 0 Å². The molecule has 0 aromatic heterocycles. The first-order chi connectivity index (χ1) is 14.1. The van der Waals surface area contributed by atoms with Crippen LogP contribution >= 0.6 is 0 Å². The predicted octanol–water partition coefficient (Wildman–Crippen LogP) is 8.53. The van der Waals surface area contributed by atoms with Crippen LogP contribution in [0, 0.1) is 35.2 Å². The zero-order chi connectivity index (χ0) is 20.4. The van der Waals surface area contributed by atoms with Crippen molar-refractivity contribution in [1.29, 1.82) is 0 Å². The van der Waals surface area contributed by atoms with Crippen LogP contribution in [-0.2, 0) is 0 Å². The van der Waals surface area contributed by atoms with Crippen molar-refractivity contribution < 1.29 is 13.2 Å². The van der Waals surface area contributed by atoms with Crippen molar-refractivity contribution in [2.45, 2.75) is 83.5 Å². The first-order valence-corrected chi connectivity index (χ1v) is 11.6. The van der Waals surface area contributed by atoms with Crippen LogP contribution in [0.5, 0.6) is 0 Å². The molecule has 29 heavy (non-hydrogen) atoms. The highest BCUT2D eigenvalue weighted by molar-refractivity contribution is 5.84. The lowest BCUT2D eigenvalue weighted by molar-refractivity contribution is 0.113. The maximum atomic E-state index is 14.6. The second kappa shape index (κ2) is 9.10. The maximum Gasteiger partial charge on any atom is 0.169 e. The van der Waals surface area contributed by atoms with Gasteiger partial charge in [0.1, 0.15) is 5.82 Å². The lowest BCUT2D eigenvalue weighted by Gasteiger charge is -2.42. The Morgan fingerprint density at radius 3 is 2.45 bits per heavy atom. The highest BCUT2D eigenvalue weighted by atomic mass is 19.2. The molecule has 0 N–H and O–H groups in total. The average Bonchev–Trinajstić information content (AvgIpc) is 2.73. The molecule has 2 aliphatic rings.